The number of nitrogens with zero attached hydrogens (tertiary/aromatic N) is 2. The molecule has 0 aliphatic carbocycles. The molecule has 0 amide bonds. The summed E-state index contributed by atoms with van der Waals surface area (Å²) in [5.41, 5.74) is 9.84. The molecule has 0 saturated carbocycles. The van der Waals surface area contributed by atoms with Gasteiger partial charge in [0.05, 0.1) is 5.52 Å². The highest BCUT2D eigenvalue weighted by atomic mass is 15.0. The van der Waals surface area contributed by atoms with E-state index in [1.165, 1.54) is 0 Å². The van der Waals surface area contributed by atoms with Gasteiger partial charge in [-0.05, 0) is 28.8 Å². The van der Waals surface area contributed by atoms with Crippen LogP contribution < -0.4 is 5.73 Å². The van der Waals surface area contributed by atoms with Crippen LogP contribution in [-0.2, 0) is 0 Å². The Morgan fingerprint density at radius 2 is 1.74 bits per heavy atom. The van der Waals surface area contributed by atoms with E-state index < -0.39 is 0 Å². The molecule has 0 unspecified atom stereocenters. The summed E-state index contributed by atoms with van der Waals surface area (Å²) in [6.45, 7) is 3.75. The van der Waals surface area contributed by atoms with Gasteiger partial charge in [-0.2, -0.15) is 0 Å². The van der Waals surface area contributed by atoms with E-state index in [4.69, 9.17) is 5.73 Å². The highest BCUT2D eigenvalue weighted by Crippen LogP contribution is 2.24. The molecule has 0 radical (unpaired) electrons. The van der Waals surface area contributed by atoms with E-state index >= 15 is 0 Å². The monoisotopic (exact) mass is 247 g/mol. The molecule has 3 heteroatoms. The van der Waals surface area contributed by atoms with Gasteiger partial charge in [0.15, 0.2) is 0 Å². The minimum Gasteiger partial charge on any atom is -0.368 e. The second-order valence-corrected chi connectivity index (χ2v) is 4.33. The molecule has 0 saturated heterocycles. The van der Waals surface area contributed by atoms with Crippen LogP contribution in [0.2, 0.25) is 0 Å². The molecule has 0 aliphatic heterocycles. The molecule has 2 aromatic carbocycles. The molecule has 1 heterocycles. The smallest absolute Gasteiger partial charge is 0.220 e. The number of rotatable bonds is 2. The van der Waals surface area contributed by atoms with Crippen molar-refractivity contribution < 1.29 is 0 Å². The number of hydrogen-bond donors (Lipinski definition) is 1. The van der Waals surface area contributed by atoms with Crippen molar-refractivity contribution in [1.82, 2.24) is 9.97 Å². The van der Waals surface area contributed by atoms with Crippen LogP contribution in [0.5, 0.6) is 0 Å². The molecule has 0 aliphatic rings. The Morgan fingerprint density at radius 3 is 2.47 bits per heavy atom. The van der Waals surface area contributed by atoms with Crippen LogP contribution in [0.3, 0.4) is 0 Å². The second kappa shape index (κ2) is 4.53. The lowest BCUT2D eigenvalue weighted by molar-refractivity contribution is 1.24. The number of benzene rings is 2. The van der Waals surface area contributed by atoms with Gasteiger partial charge in [-0.3, -0.25) is 0 Å². The molecule has 3 nitrogen and oxygen atoms in total. The minimum atomic E-state index is 0.301. The molecule has 92 valence electrons. The number of nitrogens with two attached hydrogens (primary N) is 1. The first-order chi connectivity index (χ1) is 9.26. The fourth-order valence-corrected chi connectivity index (χ4v) is 2.04. The van der Waals surface area contributed by atoms with Gasteiger partial charge in [0.2, 0.25) is 5.95 Å². The van der Waals surface area contributed by atoms with Crippen LogP contribution in [-0.4, -0.2) is 9.97 Å². The van der Waals surface area contributed by atoms with E-state index in [0.717, 1.165) is 27.6 Å². The maximum Gasteiger partial charge on any atom is 0.220 e. The third-order valence-electron chi connectivity index (χ3n) is 3.08. The topological polar surface area (TPSA) is 51.8 Å². The van der Waals surface area contributed by atoms with Gasteiger partial charge in [-0.25, -0.2) is 9.97 Å². The van der Waals surface area contributed by atoms with Crippen LogP contribution >= 0.6 is 0 Å². The van der Waals surface area contributed by atoms with Crippen LogP contribution in [0.4, 0.5) is 5.95 Å². The van der Waals surface area contributed by atoms with Crippen LogP contribution in [0.25, 0.3) is 28.1 Å². The van der Waals surface area contributed by atoms with E-state index in [0.29, 0.717) is 5.95 Å². The zero-order valence-electron chi connectivity index (χ0n) is 10.4. The lowest BCUT2D eigenvalue weighted by atomic mass is 10.0. The third kappa shape index (κ3) is 2.18. The van der Waals surface area contributed by atoms with Crippen LogP contribution in [0, 0.1) is 0 Å². The summed E-state index contributed by atoms with van der Waals surface area (Å²) >= 11 is 0. The first-order valence-electron chi connectivity index (χ1n) is 6.01. The van der Waals surface area contributed by atoms with E-state index in [-0.39, 0.29) is 0 Å². The zero-order valence-corrected chi connectivity index (χ0v) is 10.4. The van der Waals surface area contributed by atoms with Gasteiger partial charge in [0, 0.05) is 11.6 Å². The summed E-state index contributed by atoms with van der Waals surface area (Å²) < 4.78 is 0. The van der Waals surface area contributed by atoms with Gasteiger partial charge < -0.3 is 5.73 Å². The highest BCUT2D eigenvalue weighted by Gasteiger charge is 2.01. The van der Waals surface area contributed by atoms with Crippen molar-refractivity contribution >= 4 is 22.9 Å². The van der Waals surface area contributed by atoms with Crippen molar-refractivity contribution in [1.29, 1.82) is 0 Å². The molecule has 0 atom stereocenters. The maximum absolute atomic E-state index is 5.57. The molecule has 3 aromatic rings. The Kier molecular flexibility index (Phi) is 2.72. The number of nitrogen functional groups attached to an aromatic ring is 1. The van der Waals surface area contributed by atoms with E-state index in [2.05, 4.69) is 34.7 Å². The van der Waals surface area contributed by atoms with Crippen molar-refractivity contribution in [2.75, 3.05) is 5.73 Å². The lowest BCUT2D eigenvalue weighted by Gasteiger charge is -2.04. The van der Waals surface area contributed by atoms with Crippen molar-refractivity contribution in [3.05, 3.63) is 60.8 Å². The fourth-order valence-electron chi connectivity index (χ4n) is 2.04. The summed E-state index contributed by atoms with van der Waals surface area (Å²) in [6.07, 6.45) is 3.58. The molecular weight excluding hydrogens is 234 g/mol. The van der Waals surface area contributed by atoms with Gasteiger partial charge in [0.1, 0.15) is 0 Å². The van der Waals surface area contributed by atoms with Crippen LogP contribution in [0.15, 0.2) is 55.2 Å². The summed E-state index contributed by atoms with van der Waals surface area (Å²) in [7, 11) is 0. The third-order valence-corrected chi connectivity index (χ3v) is 3.08. The predicted molar refractivity (Wildman–Crippen MR) is 79.5 cm³/mol. The minimum absolute atomic E-state index is 0.301. The highest BCUT2D eigenvalue weighted by molar-refractivity contribution is 5.84. The zero-order chi connectivity index (χ0) is 13.2. The summed E-state index contributed by atoms with van der Waals surface area (Å²) in [5.74, 6) is 0.301. The first-order valence-corrected chi connectivity index (χ1v) is 6.01. The summed E-state index contributed by atoms with van der Waals surface area (Å²) in [5, 5.41) is 0.986. The molecule has 0 bridgehead atoms. The quantitative estimate of drug-likeness (QED) is 0.753. The van der Waals surface area contributed by atoms with Crippen molar-refractivity contribution in [3.63, 3.8) is 0 Å². The predicted octanol–water partition coefficient (Wildman–Crippen LogP) is 3.52. The molecule has 1 aromatic heterocycles. The van der Waals surface area contributed by atoms with Crippen molar-refractivity contribution in [2.24, 2.45) is 0 Å². The molecule has 3 rings (SSSR count). The Labute approximate surface area is 111 Å². The number of aromatic nitrogens is 2. The fraction of sp³-hybridized carbons (Fsp3) is 0. The van der Waals surface area contributed by atoms with Gasteiger partial charge in [0.25, 0.3) is 0 Å². The average molecular weight is 247 g/mol. The average Bonchev–Trinajstić information content (AvgIpc) is 2.47. The van der Waals surface area contributed by atoms with E-state index in [1.54, 1.807) is 6.20 Å². The van der Waals surface area contributed by atoms with Gasteiger partial charge in [-0.15, -0.1) is 0 Å². The molecule has 0 spiro atoms. The standard InChI is InChI=1S/C16H13N3/c1-2-11-3-5-12(6-4-11)13-7-8-15-14(9-13)10-18-16(17)19-15/h2-10H,1H2,(H2,17,18,19). The van der Waals surface area contributed by atoms with E-state index in [1.807, 2.05) is 30.3 Å². The SMILES string of the molecule is C=Cc1ccc(-c2ccc3nc(N)ncc3c2)cc1. The van der Waals surface area contributed by atoms with Gasteiger partial charge in [-0.1, -0.05) is 43.0 Å². The lowest BCUT2D eigenvalue weighted by Crippen LogP contribution is -1.93. The van der Waals surface area contributed by atoms with Crippen molar-refractivity contribution in [2.45, 2.75) is 0 Å². The summed E-state index contributed by atoms with van der Waals surface area (Å²) in [4.78, 5) is 8.21. The van der Waals surface area contributed by atoms with E-state index in [9.17, 15) is 0 Å². The summed E-state index contributed by atoms with van der Waals surface area (Å²) in [6, 6.07) is 14.3. The molecule has 19 heavy (non-hydrogen) atoms. The Morgan fingerprint density at radius 1 is 1.00 bits per heavy atom. The number of anilines is 1. The molecule has 2 N–H and O–H groups in total. The number of hydrogen-bond acceptors (Lipinski definition) is 3. The number of fused-ring (bicyclic) bond motifs is 1. The molecule has 0 fully saturated rings. The largest absolute Gasteiger partial charge is 0.368 e. The van der Waals surface area contributed by atoms with Crippen LogP contribution in [0.1, 0.15) is 5.56 Å². The normalized spacial score (nSPS) is 10.5. The Balaban J connectivity index is 2.09. The maximum atomic E-state index is 5.57. The molecular formula is C16H13N3. The first kappa shape index (κ1) is 11.4. The Hall–Kier alpha value is -2.68. The van der Waals surface area contributed by atoms with Crippen molar-refractivity contribution in [3.8, 4) is 11.1 Å². The second-order valence-electron chi connectivity index (χ2n) is 4.33. The van der Waals surface area contributed by atoms with Gasteiger partial charge >= 0.3 is 0 Å². The Bertz CT molecular complexity index is 746.